The number of ether oxygens (including phenoxy) is 1. The summed E-state index contributed by atoms with van der Waals surface area (Å²) in [4.78, 5) is 12.3. The second-order valence-electron chi connectivity index (χ2n) is 5.27. The van der Waals surface area contributed by atoms with E-state index < -0.39 is 32.6 Å². The van der Waals surface area contributed by atoms with Crippen molar-refractivity contribution in [3.63, 3.8) is 0 Å². The third-order valence-corrected chi connectivity index (χ3v) is 5.56. The monoisotopic (exact) mass is 351 g/mol. The number of para-hydroxylation sites is 2. The van der Waals surface area contributed by atoms with Gasteiger partial charge in [0.2, 0.25) is 5.91 Å². The minimum Gasteiger partial charge on any atom is -0.495 e. The molecular formula is C17H18FNO4S. The molecule has 1 atom stereocenters. The lowest BCUT2D eigenvalue weighted by molar-refractivity contribution is -0.115. The Morgan fingerprint density at radius 3 is 2.58 bits per heavy atom. The number of anilines is 1. The fraction of sp³-hybridized carbons (Fsp3) is 0.235. The maximum absolute atomic E-state index is 13.2. The van der Waals surface area contributed by atoms with E-state index in [0.717, 1.165) is 6.07 Å². The summed E-state index contributed by atoms with van der Waals surface area (Å²) in [5, 5.41) is 1.26. The maximum Gasteiger partial charge on any atom is 0.242 e. The van der Waals surface area contributed by atoms with Crippen molar-refractivity contribution in [1.82, 2.24) is 0 Å². The molecular weight excluding hydrogens is 333 g/mol. The molecule has 2 aromatic rings. The first-order valence-electron chi connectivity index (χ1n) is 7.23. The Morgan fingerprint density at radius 1 is 1.21 bits per heavy atom. The summed E-state index contributed by atoms with van der Waals surface area (Å²) >= 11 is 0. The van der Waals surface area contributed by atoms with E-state index in [2.05, 4.69) is 5.32 Å². The van der Waals surface area contributed by atoms with Gasteiger partial charge in [0.05, 0.1) is 18.6 Å². The molecule has 1 N–H and O–H groups in total. The number of hydrogen-bond acceptors (Lipinski definition) is 4. The molecule has 0 saturated heterocycles. The summed E-state index contributed by atoms with van der Waals surface area (Å²) in [5.74, 6) is -1.17. The minimum absolute atomic E-state index is 0.298. The molecule has 1 amide bonds. The van der Waals surface area contributed by atoms with Gasteiger partial charge in [-0.2, -0.15) is 0 Å². The molecule has 0 aliphatic carbocycles. The van der Waals surface area contributed by atoms with Crippen LogP contribution in [0.2, 0.25) is 0 Å². The van der Waals surface area contributed by atoms with Crippen LogP contribution in [0.25, 0.3) is 0 Å². The van der Waals surface area contributed by atoms with Gasteiger partial charge < -0.3 is 10.1 Å². The number of benzene rings is 2. The van der Waals surface area contributed by atoms with Crippen LogP contribution in [0.15, 0.2) is 48.5 Å². The zero-order chi connectivity index (χ0) is 17.7. The van der Waals surface area contributed by atoms with Gasteiger partial charge in [-0.05, 0) is 36.8 Å². The SMILES string of the molecule is COc1ccccc1NC(=O)[C@H](C)S(=O)(=O)Cc1cccc(F)c1. The summed E-state index contributed by atoms with van der Waals surface area (Å²) in [5.41, 5.74) is 0.685. The molecule has 0 aliphatic rings. The smallest absolute Gasteiger partial charge is 0.242 e. The van der Waals surface area contributed by atoms with Crippen molar-refractivity contribution in [3.8, 4) is 5.75 Å². The van der Waals surface area contributed by atoms with Crippen molar-refractivity contribution in [2.75, 3.05) is 12.4 Å². The van der Waals surface area contributed by atoms with Crippen LogP contribution < -0.4 is 10.1 Å². The van der Waals surface area contributed by atoms with Gasteiger partial charge in [-0.3, -0.25) is 4.79 Å². The van der Waals surface area contributed by atoms with Gasteiger partial charge in [0, 0.05) is 0 Å². The molecule has 0 aromatic heterocycles. The Bertz CT molecular complexity index is 836. The van der Waals surface area contributed by atoms with Crippen molar-refractivity contribution in [2.24, 2.45) is 0 Å². The molecule has 0 heterocycles. The van der Waals surface area contributed by atoms with Gasteiger partial charge in [0.1, 0.15) is 16.8 Å². The molecule has 2 aromatic carbocycles. The molecule has 0 saturated carbocycles. The van der Waals surface area contributed by atoms with Gasteiger partial charge in [0.25, 0.3) is 0 Å². The lowest BCUT2D eigenvalue weighted by atomic mass is 10.2. The van der Waals surface area contributed by atoms with Crippen LogP contribution in [-0.2, 0) is 20.4 Å². The Balaban J connectivity index is 2.14. The molecule has 0 spiro atoms. The van der Waals surface area contributed by atoms with Crippen molar-refractivity contribution in [2.45, 2.75) is 17.9 Å². The molecule has 2 rings (SSSR count). The maximum atomic E-state index is 13.2. The number of carbonyl (C=O) groups is 1. The zero-order valence-corrected chi connectivity index (χ0v) is 14.1. The average molecular weight is 351 g/mol. The standard InChI is InChI=1S/C17H18FNO4S/c1-12(17(20)19-15-8-3-4-9-16(15)23-2)24(21,22)11-13-6-5-7-14(18)10-13/h3-10,12H,11H2,1-2H3,(H,19,20)/t12-/m0/s1. The highest BCUT2D eigenvalue weighted by Crippen LogP contribution is 2.24. The van der Waals surface area contributed by atoms with Crippen LogP contribution in [0.3, 0.4) is 0 Å². The fourth-order valence-corrected chi connectivity index (χ4v) is 3.41. The highest BCUT2D eigenvalue weighted by atomic mass is 32.2. The van der Waals surface area contributed by atoms with Crippen molar-refractivity contribution >= 4 is 21.4 Å². The number of halogens is 1. The number of rotatable bonds is 6. The summed E-state index contributed by atoms with van der Waals surface area (Å²) in [6.45, 7) is 1.30. The van der Waals surface area contributed by atoms with E-state index in [4.69, 9.17) is 4.74 Å². The minimum atomic E-state index is -3.79. The second-order valence-corrected chi connectivity index (χ2v) is 7.59. The van der Waals surface area contributed by atoms with Gasteiger partial charge in [0.15, 0.2) is 9.84 Å². The zero-order valence-electron chi connectivity index (χ0n) is 13.3. The molecule has 0 fully saturated rings. The van der Waals surface area contributed by atoms with E-state index in [1.54, 1.807) is 24.3 Å². The van der Waals surface area contributed by atoms with E-state index in [9.17, 15) is 17.6 Å². The summed E-state index contributed by atoms with van der Waals surface area (Å²) in [6.07, 6.45) is 0. The van der Waals surface area contributed by atoms with E-state index in [-0.39, 0.29) is 0 Å². The molecule has 24 heavy (non-hydrogen) atoms. The van der Waals surface area contributed by atoms with Gasteiger partial charge in [-0.1, -0.05) is 24.3 Å². The number of nitrogens with one attached hydrogen (secondary N) is 1. The normalized spacial score (nSPS) is 12.5. The lowest BCUT2D eigenvalue weighted by Gasteiger charge is -2.15. The quantitative estimate of drug-likeness (QED) is 0.869. The molecule has 0 radical (unpaired) electrons. The first-order chi connectivity index (χ1) is 11.3. The highest BCUT2D eigenvalue weighted by Gasteiger charge is 2.28. The largest absolute Gasteiger partial charge is 0.495 e. The number of sulfone groups is 1. The lowest BCUT2D eigenvalue weighted by Crippen LogP contribution is -2.33. The van der Waals surface area contributed by atoms with Crippen molar-refractivity contribution in [3.05, 3.63) is 59.9 Å². The second kappa shape index (κ2) is 7.44. The predicted molar refractivity (Wildman–Crippen MR) is 90.1 cm³/mol. The van der Waals surface area contributed by atoms with Gasteiger partial charge >= 0.3 is 0 Å². The number of methoxy groups -OCH3 is 1. The Morgan fingerprint density at radius 2 is 1.92 bits per heavy atom. The molecule has 5 nitrogen and oxygen atoms in total. The third-order valence-electron chi connectivity index (χ3n) is 3.53. The Labute approximate surface area is 140 Å². The highest BCUT2D eigenvalue weighted by molar-refractivity contribution is 7.92. The molecule has 0 unspecified atom stereocenters. The summed E-state index contributed by atoms with van der Waals surface area (Å²) in [6, 6.07) is 12.0. The van der Waals surface area contributed by atoms with Crippen LogP contribution >= 0.6 is 0 Å². The van der Waals surface area contributed by atoms with Gasteiger partial charge in [-0.15, -0.1) is 0 Å². The van der Waals surface area contributed by atoms with Crippen LogP contribution in [-0.4, -0.2) is 26.7 Å². The van der Waals surface area contributed by atoms with Crippen LogP contribution in [0.5, 0.6) is 5.75 Å². The molecule has 0 aliphatic heterocycles. The first kappa shape index (κ1) is 17.9. The van der Waals surface area contributed by atoms with Gasteiger partial charge in [-0.25, -0.2) is 12.8 Å². The predicted octanol–water partition coefficient (Wildman–Crippen LogP) is 2.78. The third kappa shape index (κ3) is 4.32. The van der Waals surface area contributed by atoms with E-state index >= 15 is 0 Å². The Kier molecular flexibility index (Phi) is 5.56. The summed E-state index contributed by atoms with van der Waals surface area (Å²) < 4.78 is 43.1. The topological polar surface area (TPSA) is 72.5 Å². The number of carbonyl (C=O) groups excluding carboxylic acids is 1. The number of hydrogen-bond donors (Lipinski definition) is 1. The van der Waals surface area contributed by atoms with E-state index in [0.29, 0.717) is 17.0 Å². The fourth-order valence-electron chi connectivity index (χ4n) is 2.13. The Hall–Kier alpha value is -2.41. The molecule has 0 bridgehead atoms. The van der Waals surface area contributed by atoms with Crippen LogP contribution in [0.1, 0.15) is 12.5 Å². The number of amides is 1. The first-order valence-corrected chi connectivity index (χ1v) is 8.95. The van der Waals surface area contributed by atoms with E-state index in [1.807, 2.05) is 0 Å². The van der Waals surface area contributed by atoms with Crippen LogP contribution in [0, 0.1) is 5.82 Å². The van der Waals surface area contributed by atoms with Crippen molar-refractivity contribution in [1.29, 1.82) is 0 Å². The summed E-state index contributed by atoms with van der Waals surface area (Å²) in [7, 11) is -2.34. The van der Waals surface area contributed by atoms with E-state index in [1.165, 1.54) is 32.2 Å². The molecule has 7 heteroatoms. The average Bonchev–Trinajstić information content (AvgIpc) is 2.54. The van der Waals surface area contributed by atoms with Crippen molar-refractivity contribution < 1.29 is 22.3 Å². The molecule has 128 valence electrons. The van der Waals surface area contributed by atoms with Crippen LogP contribution in [0.4, 0.5) is 10.1 Å².